The Hall–Kier alpha value is -1.33. The van der Waals surface area contributed by atoms with E-state index in [1.165, 1.54) is 0 Å². The van der Waals surface area contributed by atoms with E-state index in [0.717, 1.165) is 15.4 Å². The van der Waals surface area contributed by atoms with Gasteiger partial charge in [-0.3, -0.25) is 4.79 Å². The summed E-state index contributed by atoms with van der Waals surface area (Å²) in [5, 5.41) is 10.9. The SMILES string of the molecule is CCN(CC(C)(C)O)C(=O)c1cc2cc(Br)ccc2[nH]1. The van der Waals surface area contributed by atoms with E-state index in [1.807, 2.05) is 31.2 Å². The summed E-state index contributed by atoms with van der Waals surface area (Å²) in [7, 11) is 0. The van der Waals surface area contributed by atoms with E-state index in [9.17, 15) is 9.90 Å². The molecular formula is C15H19BrN2O2. The summed E-state index contributed by atoms with van der Waals surface area (Å²) >= 11 is 3.42. The van der Waals surface area contributed by atoms with E-state index in [4.69, 9.17) is 0 Å². The highest BCUT2D eigenvalue weighted by molar-refractivity contribution is 9.10. The van der Waals surface area contributed by atoms with Crippen LogP contribution >= 0.6 is 15.9 Å². The van der Waals surface area contributed by atoms with E-state index in [0.29, 0.717) is 18.8 Å². The molecule has 4 nitrogen and oxygen atoms in total. The smallest absolute Gasteiger partial charge is 0.270 e. The van der Waals surface area contributed by atoms with Crippen molar-refractivity contribution in [2.75, 3.05) is 13.1 Å². The molecule has 0 spiro atoms. The van der Waals surface area contributed by atoms with Crippen molar-refractivity contribution in [3.63, 3.8) is 0 Å². The third-order valence-electron chi connectivity index (χ3n) is 3.06. The van der Waals surface area contributed by atoms with Crippen LogP contribution in [0.1, 0.15) is 31.3 Å². The van der Waals surface area contributed by atoms with Crippen LogP contribution < -0.4 is 0 Å². The molecule has 0 unspecified atom stereocenters. The minimum atomic E-state index is -0.902. The maximum Gasteiger partial charge on any atom is 0.270 e. The molecule has 1 amide bonds. The molecule has 5 heteroatoms. The predicted octanol–water partition coefficient (Wildman–Crippen LogP) is 3.16. The Kier molecular flexibility index (Phi) is 4.20. The maximum atomic E-state index is 12.5. The molecule has 0 aliphatic rings. The van der Waals surface area contributed by atoms with E-state index < -0.39 is 5.60 Å². The van der Waals surface area contributed by atoms with Crippen LogP contribution in [0.2, 0.25) is 0 Å². The summed E-state index contributed by atoms with van der Waals surface area (Å²) in [6, 6.07) is 7.67. The lowest BCUT2D eigenvalue weighted by Gasteiger charge is -2.27. The lowest BCUT2D eigenvalue weighted by Crippen LogP contribution is -2.42. The van der Waals surface area contributed by atoms with Gasteiger partial charge in [0, 0.05) is 28.5 Å². The fraction of sp³-hybridized carbons (Fsp3) is 0.400. The van der Waals surface area contributed by atoms with Gasteiger partial charge in [-0.15, -0.1) is 0 Å². The zero-order valence-corrected chi connectivity index (χ0v) is 13.5. The van der Waals surface area contributed by atoms with E-state index >= 15 is 0 Å². The number of benzene rings is 1. The van der Waals surface area contributed by atoms with Crippen molar-refractivity contribution < 1.29 is 9.90 Å². The summed E-state index contributed by atoms with van der Waals surface area (Å²) in [5.41, 5.74) is 0.570. The quantitative estimate of drug-likeness (QED) is 0.899. The van der Waals surface area contributed by atoms with Crippen LogP contribution in [0.4, 0.5) is 0 Å². The van der Waals surface area contributed by atoms with Gasteiger partial charge in [-0.25, -0.2) is 0 Å². The van der Waals surface area contributed by atoms with Crippen molar-refractivity contribution >= 4 is 32.7 Å². The third kappa shape index (κ3) is 3.41. The van der Waals surface area contributed by atoms with Crippen LogP contribution in [0.25, 0.3) is 10.9 Å². The second-order valence-electron chi connectivity index (χ2n) is 5.55. The monoisotopic (exact) mass is 338 g/mol. The molecule has 0 bridgehead atoms. The number of amides is 1. The summed E-state index contributed by atoms with van der Waals surface area (Å²) in [6.45, 7) is 6.17. The molecule has 20 heavy (non-hydrogen) atoms. The van der Waals surface area contributed by atoms with Gasteiger partial charge in [0.2, 0.25) is 0 Å². The molecule has 1 aromatic carbocycles. The van der Waals surface area contributed by atoms with Crippen molar-refractivity contribution in [3.05, 3.63) is 34.4 Å². The standard InChI is InChI=1S/C15H19BrN2O2/c1-4-18(9-15(2,3)20)14(19)13-8-10-7-11(16)5-6-12(10)17-13/h5-8,17,20H,4,9H2,1-3H3. The lowest BCUT2D eigenvalue weighted by molar-refractivity contribution is 0.0312. The third-order valence-corrected chi connectivity index (χ3v) is 3.55. The molecule has 1 heterocycles. The van der Waals surface area contributed by atoms with Gasteiger partial charge in [0.1, 0.15) is 5.69 Å². The molecule has 0 aliphatic carbocycles. The maximum absolute atomic E-state index is 12.5. The second-order valence-corrected chi connectivity index (χ2v) is 6.46. The Morgan fingerprint density at radius 1 is 1.40 bits per heavy atom. The number of fused-ring (bicyclic) bond motifs is 1. The fourth-order valence-electron chi connectivity index (χ4n) is 2.18. The first-order valence-corrected chi connectivity index (χ1v) is 7.39. The number of hydrogen-bond acceptors (Lipinski definition) is 2. The normalized spacial score (nSPS) is 11.8. The van der Waals surface area contributed by atoms with Gasteiger partial charge < -0.3 is 15.0 Å². The Balaban J connectivity index is 2.29. The minimum absolute atomic E-state index is 0.0954. The first-order chi connectivity index (χ1) is 9.30. The van der Waals surface area contributed by atoms with Crippen LogP contribution in [-0.4, -0.2) is 39.6 Å². The molecule has 1 aromatic heterocycles. The van der Waals surface area contributed by atoms with Crippen molar-refractivity contribution in [2.45, 2.75) is 26.4 Å². The number of H-pyrrole nitrogens is 1. The van der Waals surface area contributed by atoms with Gasteiger partial charge >= 0.3 is 0 Å². The van der Waals surface area contributed by atoms with Crippen LogP contribution in [0.15, 0.2) is 28.7 Å². The highest BCUT2D eigenvalue weighted by Crippen LogP contribution is 2.21. The highest BCUT2D eigenvalue weighted by atomic mass is 79.9. The number of carbonyl (C=O) groups is 1. The van der Waals surface area contributed by atoms with Crippen molar-refractivity contribution in [3.8, 4) is 0 Å². The molecule has 0 fully saturated rings. The molecule has 0 atom stereocenters. The lowest BCUT2D eigenvalue weighted by atomic mass is 10.1. The molecule has 0 radical (unpaired) electrons. The number of carbonyl (C=O) groups excluding carboxylic acids is 1. The molecule has 0 aliphatic heterocycles. The number of rotatable bonds is 4. The van der Waals surface area contributed by atoms with Gasteiger partial charge in [-0.1, -0.05) is 15.9 Å². The molecule has 2 rings (SSSR count). The fourth-order valence-corrected chi connectivity index (χ4v) is 2.56. The van der Waals surface area contributed by atoms with Crippen molar-refractivity contribution in [2.24, 2.45) is 0 Å². The van der Waals surface area contributed by atoms with Crippen molar-refractivity contribution in [1.82, 2.24) is 9.88 Å². The first kappa shape index (κ1) is 15.1. The Morgan fingerprint density at radius 3 is 2.70 bits per heavy atom. The molecule has 0 saturated carbocycles. The van der Waals surface area contributed by atoms with Crippen LogP contribution in [0.3, 0.4) is 0 Å². The summed E-state index contributed by atoms with van der Waals surface area (Å²) < 4.78 is 0.979. The average molecular weight is 339 g/mol. The van der Waals surface area contributed by atoms with Gasteiger partial charge in [-0.05, 0) is 45.0 Å². The van der Waals surface area contributed by atoms with Gasteiger partial charge in [0.15, 0.2) is 0 Å². The van der Waals surface area contributed by atoms with Gasteiger partial charge in [0.05, 0.1) is 5.60 Å². The molecule has 2 aromatic rings. The van der Waals surface area contributed by atoms with Gasteiger partial charge in [-0.2, -0.15) is 0 Å². The van der Waals surface area contributed by atoms with Crippen LogP contribution in [0, 0.1) is 0 Å². The van der Waals surface area contributed by atoms with Gasteiger partial charge in [0.25, 0.3) is 5.91 Å². The summed E-state index contributed by atoms with van der Waals surface area (Å²) in [5.74, 6) is -0.0954. The topological polar surface area (TPSA) is 56.3 Å². The number of aromatic nitrogens is 1. The second kappa shape index (κ2) is 5.58. The number of nitrogens with zero attached hydrogens (tertiary/aromatic N) is 1. The Morgan fingerprint density at radius 2 is 2.10 bits per heavy atom. The first-order valence-electron chi connectivity index (χ1n) is 6.60. The Labute approximate surface area is 126 Å². The molecule has 2 N–H and O–H groups in total. The van der Waals surface area contributed by atoms with E-state index in [2.05, 4.69) is 20.9 Å². The predicted molar refractivity (Wildman–Crippen MR) is 83.9 cm³/mol. The van der Waals surface area contributed by atoms with Crippen LogP contribution in [0.5, 0.6) is 0 Å². The molecule has 0 saturated heterocycles. The zero-order chi connectivity index (χ0) is 14.9. The van der Waals surface area contributed by atoms with E-state index in [-0.39, 0.29) is 5.91 Å². The average Bonchev–Trinajstić information content (AvgIpc) is 2.76. The van der Waals surface area contributed by atoms with Crippen molar-refractivity contribution in [1.29, 1.82) is 0 Å². The molecular weight excluding hydrogens is 320 g/mol. The Bertz CT molecular complexity index is 628. The minimum Gasteiger partial charge on any atom is -0.389 e. The number of aromatic amines is 1. The summed E-state index contributed by atoms with van der Waals surface area (Å²) in [4.78, 5) is 17.2. The van der Waals surface area contributed by atoms with Crippen LogP contribution in [-0.2, 0) is 0 Å². The highest BCUT2D eigenvalue weighted by Gasteiger charge is 2.23. The number of nitrogens with one attached hydrogen (secondary N) is 1. The number of likely N-dealkylation sites (N-methyl/N-ethyl adjacent to an activating group) is 1. The summed E-state index contributed by atoms with van der Waals surface area (Å²) in [6.07, 6.45) is 0. The number of hydrogen-bond donors (Lipinski definition) is 2. The molecule has 108 valence electrons. The number of halogens is 1. The zero-order valence-electron chi connectivity index (χ0n) is 11.9. The number of aliphatic hydroxyl groups is 1. The largest absolute Gasteiger partial charge is 0.389 e. The van der Waals surface area contributed by atoms with E-state index in [1.54, 1.807) is 18.7 Å².